The van der Waals surface area contributed by atoms with Gasteiger partial charge in [0, 0.05) is 18.8 Å². The highest BCUT2D eigenvalue weighted by Crippen LogP contribution is 2.20. The first-order valence-corrected chi connectivity index (χ1v) is 9.47. The highest BCUT2D eigenvalue weighted by Gasteiger charge is 2.27. The van der Waals surface area contributed by atoms with Crippen LogP contribution in [0.2, 0.25) is 0 Å². The molecule has 0 aromatic carbocycles. The van der Waals surface area contributed by atoms with E-state index in [9.17, 15) is 13.2 Å². The lowest BCUT2D eigenvalue weighted by molar-refractivity contribution is 0.0983. The van der Waals surface area contributed by atoms with Crippen LogP contribution in [0.4, 0.5) is 0 Å². The highest BCUT2D eigenvalue weighted by atomic mass is 32.2. The Morgan fingerprint density at radius 1 is 1.30 bits per heavy atom. The molecule has 10 heteroatoms. The van der Waals surface area contributed by atoms with Crippen LogP contribution < -0.4 is 4.72 Å². The molecule has 0 spiro atoms. The molecule has 1 aromatic rings. The average Bonchev–Trinajstić information content (AvgIpc) is 2.90. The minimum atomic E-state index is -3.65. The lowest BCUT2D eigenvalue weighted by atomic mass is 10.6. The Hall–Kier alpha value is -0.710. The molecule has 20 heavy (non-hydrogen) atoms. The number of nitrogens with one attached hydrogen (secondary N) is 1. The molecule has 114 valence electrons. The van der Waals surface area contributed by atoms with Gasteiger partial charge in [0.2, 0.25) is 9.35 Å². The molecule has 0 atom stereocenters. The maximum Gasteiger partial charge on any atom is 0.292 e. The third kappa shape index (κ3) is 4.14. The van der Waals surface area contributed by atoms with Crippen LogP contribution in [0.1, 0.15) is 37.0 Å². The van der Waals surface area contributed by atoms with Crippen molar-refractivity contribution in [1.82, 2.24) is 19.2 Å². The number of carbonyl (C=O) groups excluding carboxylic acids is 1. The van der Waals surface area contributed by atoms with E-state index < -0.39 is 15.9 Å². The van der Waals surface area contributed by atoms with E-state index in [1.807, 2.05) is 6.92 Å². The fourth-order valence-electron chi connectivity index (χ4n) is 1.34. The van der Waals surface area contributed by atoms with Crippen molar-refractivity contribution < 1.29 is 13.2 Å². The largest absolute Gasteiger partial charge is 0.294 e. The molecule has 1 rings (SSSR count). The third-order valence-corrected chi connectivity index (χ3v) is 6.60. The third-order valence-electron chi connectivity index (χ3n) is 2.34. The van der Waals surface area contributed by atoms with Gasteiger partial charge in [-0.05, 0) is 6.42 Å². The Balaban J connectivity index is 2.84. The number of hydrogen-bond acceptors (Lipinski definition) is 7. The molecule has 7 nitrogen and oxygen atoms in total. The van der Waals surface area contributed by atoms with E-state index >= 15 is 0 Å². The van der Waals surface area contributed by atoms with Gasteiger partial charge in [-0.2, -0.15) is 4.31 Å². The molecule has 0 fully saturated rings. The van der Waals surface area contributed by atoms with Crippen LogP contribution in [0.25, 0.3) is 0 Å². The lowest BCUT2D eigenvalue weighted by Crippen LogP contribution is -2.30. The quantitative estimate of drug-likeness (QED) is 0.568. The van der Waals surface area contributed by atoms with Crippen LogP contribution in [-0.2, 0) is 10.0 Å². The van der Waals surface area contributed by atoms with Gasteiger partial charge in [-0.1, -0.05) is 44.1 Å². The van der Waals surface area contributed by atoms with Gasteiger partial charge >= 0.3 is 0 Å². The molecular weight excluding hydrogens is 320 g/mol. The summed E-state index contributed by atoms with van der Waals surface area (Å²) < 4.78 is 28.1. The molecule has 0 saturated heterocycles. The Morgan fingerprint density at radius 3 is 2.50 bits per heavy atom. The molecule has 1 heterocycles. The van der Waals surface area contributed by atoms with Crippen LogP contribution in [0.15, 0.2) is 4.34 Å². The van der Waals surface area contributed by atoms with Crippen molar-refractivity contribution in [3.8, 4) is 0 Å². The Morgan fingerprint density at radius 2 is 1.95 bits per heavy atom. The summed E-state index contributed by atoms with van der Waals surface area (Å²) in [6.45, 7) is 6.20. The van der Waals surface area contributed by atoms with E-state index in [-0.39, 0.29) is 9.35 Å². The Kier molecular flexibility index (Phi) is 6.86. The molecule has 0 unspecified atom stereocenters. The van der Waals surface area contributed by atoms with Gasteiger partial charge in [0.25, 0.3) is 15.9 Å². The van der Waals surface area contributed by atoms with Gasteiger partial charge < -0.3 is 0 Å². The zero-order valence-corrected chi connectivity index (χ0v) is 14.1. The van der Waals surface area contributed by atoms with Crippen LogP contribution >= 0.6 is 23.3 Å². The maximum atomic E-state index is 12.2. The van der Waals surface area contributed by atoms with Crippen LogP contribution in [0.3, 0.4) is 0 Å². The van der Waals surface area contributed by atoms with Gasteiger partial charge in [0.15, 0.2) is 0 Å². The van der Waals surface area contributed by atoms with Crippen molar-refractivity contribution in [3.63, 3.8) is 0 Å². The van der Waals surface area contributed by atoms with E-state index in [4.69, 9.17) is 0 Å². The first-order chi connectivity index (χ1) is 9.47. The minimum absolute atomic E-state index is 0.0549. The number of sulfonamides is 1. The first kappa shape index (κ1) is 17.3. The molecular formula is C10H18N4O3S3. The number of nitrogens with zero attached hydrogens (tertiary/aromatic N) is 3. The van der Waals surface area contributed by atoms with E-state index in [2.05, 4.69) is 14.9 Å². The molecule has 0 aliphatic carbocycles. The van der Waals surface area contributed by atoms with Gasteiger partial charge in [0.1, 0.15) is 0 Å². The zero-order chi connectivity index (χ0) is 15.2. The molecule has 1 amide bonds. The fraction of sp³-hybridized carbons (Fsp3) is 0.700. The predicted molar refractivity (Wildman–Crippen MR) is 80.2 cm³/mol. The number of amides is 1. The molecule has 0 radical (unpaired) electrons. The summed E-state index contributed by atoms with van der Waals surface area (Å²) in [4.78, 5) is 11.7. The summed E-state index contributed by atoms with van der Waals surface area (Å²) in [7, 11) is -3.65. The van der Waals surface area contributed by atoms with Gasteiger partial charge in [-0.25, -0.2) is 8.42 Å². The molecule has 0 bridgehead atoms. The number of aromatic nitrogens is 2. The molecule has 0 aliphatic rings. The topological polar surface area (TPSA) is 92.3 Å². The van der Waals surface area contributed by atoms with Crippen molar-refractivity contribution in [3.05, 3.63) is 5.01 Å². The maximum absolute atomic E-state index is 12.2. The first-order valence-electron chi connectivity index (χ1n) is 6.23. The van der Waals surface area contributed by atoms with Crippen LogP contribution in [0, 0.1) is 0 Å². The van der Waals surface area contributed by atoms with Crippen molar-refractivity contribution in [2.75, 3.05) is 18.8 Å². The average molecular weight is 338 g/mol. The highest BCUT2D eigenvalue weighted by molar-refractivity contribution is 7.97. The van der Waals surface area contributed by atoms with Gasteiger partial charge in [0.05, 0.1) is 0 Å². The Labute approximate surface area is 127 Å². The van der Waals surface area contributed by atoms with Gasteiger partial charge in [-0.3, -0.25) is 9.52 Å². The fourth-order valence-corrected chi connectivity index (χ4v) is 4.43. The second-order valence-electron chi connectivity index (χ2n) is 3.74. The summed E-state index contributed by atoms with van der Waals surface area (Å²) in [6.07, 6.45) is 0.933. The normalized spacial score (nSPS) is 11.8. The summed E-state index contributed by atoms with van der Waals surface area (Å²) in [5.74, 6) is 0.372. The van der Waals surface area contributed by atoms with E-state index in [1.165, 1.54) is 16.3 Å². The van der Waals surface area contributed by atoms with Gasteiger partial charge in [-0.15, -0.1) is 10.2 Å². The molecule has 0 aliphatic heterocycles. The van der Waals surface area contributed by atoms with E-state index in [0.29, 0.717) is 13.1 Å². The zero-order valence-electron chi connectivity index (χ0n) is 11.6. The lowest BCUT2D eigenvalue weighted by Gasteiger charge is -2.15. The predicted octanol–water partition coefficient (Wildman–Crippen LogP) is 1.36. The molecule has 1 N–H and O–H groups in total. The van der Waals surface area contributed by atoms with Crippen molar-refractivity contribution >= 4 is 39.2 Å². The Bertz CT molecular complexity index is 540. The SMILES string of the molecule is CCCSNC(=O)c1nnc(S(=O)(=O)N(CC)CC)s1. The number of carbonyl (C=O) groups is 1. The second kappa shape index (κ2) is 7.91. The van der Waals surface area contributed by atoms with Crippen LogP contribution in [0.5, 0.6) is 0 Å². The van der Waals surface area contributed by atoms with E-state index in [1.54, 1.807) is 13.8 Å². The smallest absolute Gasteiger partial charge is 0.292 e. The van der Waals surface area contributed by atoms with E-state index in [0.717, 1.165) is 23.5 Å². The van der Waals surface area contributed by atoms with Crippen molar-refractivity contribution in [1.29, 1.82) is 0 Å². The summed E-state index contributed by atoms with van der Waals surface area (Å²) in [5, 5.41) is 7.33. The number of hydrogen-bond donors (Lipinski definition) is 1. The minimum Gasteiger partial charge on any atom is -0.294 e. The van der Waals surface area contributed by atoms with Crippen molar-refractivity contribution in [2.24, 2.45) is 0 Å². The summed E-state index contributed by atoms with van der Waals surface area (Å²) in [5.41, 5.74) is 0. The summed E-state index contributed by atoms with van der Waals surface area (Å²) in [6, 6.07) is 0. The van der Waals surface area contributed by atoms with Crippen molar-refractivity contribution in [2.45, 2.75) is 31.5 Å². The number of rotatable bonds is 8. The molecule has 1 aromatic heterocycles. The van der Waals surface area contributed by atoms with Crippen LogP contribution in [-0.4, -0.2) is 47.7 Å². The standard InChI is InChI=1S/C10H18N4O3S3/c1-4-7-18-13-8(15)9-11-12-10(19-9)20(16,17)14(5-2)6-3/h4-7H2,1-3H3,(H,13,15). The monoisotopic (exact) mass is 338 g/mol. The second-order valence-corrected chi connectivity index (χ2v) is 7.73. The molecule has 0 saturated carbocycles. The summed E-state index contributed by atoms with van der Waals surface area (Å²) >= 11 is 2.06.